The van der Waals surface area contributed by atoms with Crippen LogP contribution in [0.2, 0.25) is 0 Å². The summed E-state index contributed by atoms with van der Waals surface area (Å²) < 4.78 is 10.1. The molecule has 0 aliphatic heterocycles. The highest BCUT2D eigenvalue weighted by molar-refractivity contribution is 7.13. The monoisotopic (exact) mass is 320 g/mol. The fourth-order valence-corrected chi connectivity index (χ4v) is 2.78. The summed E-state index contributed by atoms with van der Waals surface area (Å²) in [6.07, 6.45) is 1.07. The summed E-state index contributed by atoms with van der Waals surface area (Å²) in [6, 6.07) is 7.81. The minimum absolute atomic E-state index is 0.0213. The molecule has 1 amide bonds. The molecule has 0 fully saturated rings. The Labute approximate surface area is 134 Å². The molecule has 1 aromatic carbocycles. The summed E-state index contributed by atoms with van der Waals surface area (Å²) in [5.74, 6) is 0.833. The summed E-state index contributed by atoms with van der Waals surface area (Å²) in [5.41, 5.74) is 1.96. The van der Waals surface area contributed by atoms with Crippen molar-refractivity contribution in [3.63, 3.8) is 0 Å². The van der Waals surface area contributed by atoms with Crippen LogP contribution in [-0.2, 0) is 16.0 Å². The van der Waals surface area contributed by atoms with Crippen molar-refractivity contribution < 1.29 is 14.3 Å². The Balaban J connectivity index is 1.89. The van der Waals surface area contributed by atoms with Gasteiger partial charge in [0.25, 0.3) is 0 Å². The van der Waals surface area contributed by atoms with Crippen molar-refractivity contribution in [2.45, 2.75) is 12.8 Å². The van der Waals surface area contributed by atoms with Crippen molar-refractivity contribution in [1.29, 1.82) is 0 Å². The molecule has 0 aliphatic rings. The number of carbonyl (C=O) groups is 1. The van der Waals surface area contributed by atoms with E-state index in [9.17, 15) is 4.79 Å². The number of ether oxygens (including phenoxy) is 2. The Morgan fingerprint density at radius 2 is 2.23 bits per heavy atom. The highest BCUT2D eigenvalue weighted by Crippen LogP contribution is 2.27. The molecular weight excluding hydrogens is 300 g/mol. The maximum atomic E-state index is 11.6. The van der Waals surface area contributed by atoms with Gasteiger partial charge in [0.15, 0.2) is 0 Å². The van der Waals surface area contributed by atoms with E-state index in [1.54, 1.807) is 25.6 Å². The van der Waals surface area contributed by atoms with Gasteiger partial charge < -0.3 is 14.8 Å². The fraction of sp³-hybridized carbons (Fsp3) is 0.375. The first-order valence-electron chi connectivity index (χ1n) is 7.07. The predicted octanol–water partition coefficient (Wildman–Crippen LogP) is 2.51. The molecule has 1 N–H and O–H groups in total. The summed E-state index contributed by atoms with van der Waals surface area (Å²) in [6.45, 7) is 1.07. The zero-order valence-corrected chi connectivity index (χ0v) is 13.6. The molecule has 1 aromatic heterocycles. The molecule has 5 nitrogen and oxygen atoms in total. The second-order valence-electron chi connectivity index (χ2n) is 4.72. The minimum Gasteiger partial charge on any atom is -0.497 e. The molecule has 2 aromatic rings. The van der Waals surface area contributed by atoms with Gasteiger partial charge in [-0.05, 0) is 18.6 Å². The number of aromatic nitrogens is 1. The normalized spacial score (nSPS) is 10.5. The average Bonchev–Trinajstić information content (AvgIpc) is 3.02. The predicted molar refractivity (Wildman–Crippen MR) is 87.3 cm³/mol. The van der Waals surface area contributed by atoms with E-state index in [0.29, 0.717) is 26.0 Å². The van der Waals surface area contributed by atoms with Crippen LogP contribution in [0.15, 0.2) is 29.6 Å². The molecular formula is C16H20N2O3S. The number of methoxy groups -OCH3 is 2. The molecule has 0 saturated heterocycles. The Kier molecular flexibility index (Phi) is 6.36. The Bertz CT molecular complexity index is 613. The number of nitrogens with one attached hydrogen (secondary N) is 1. The number of aryl methyl sites for hydroxylation is 1. The van der Waals surface area contributed by atoms with Crippen LogP contribution in [0, 0.1) is 0 Å². The van der Waals surface area contributed by atoms with Crippen molar-refractivity contribution in [3.05, 3.63) is 35.3 Å². The van der Waals surface area contributed by atoms with Crippen molar-refractivity contribution >= 4 is 17.2 Å². The third kappa shape index (κ3) is 4.82. The lowest BCUT2D eigenvalue weighted by Crippen LogP contribution is -2.27. The summed E-state index contributed by atoms with van der Waals surface area (Å²) in [4.78, 5) is 16.2. The van der Waals surface area contributed by atoms with Crippen LogP contribution in [-0.4, -0.2) is 38.3 Å². The SMILES string of the molecule is COCCNC(=O)CCc1csc(-c2cccc(OC)c2)n1. The summed E-state index contributed by atoms with van der Waals surface area (Å²) >= 11 is 1.58. The van der Waals surface area contributed by atoms with Gasteiger partial charge in [-0.15, -0.1) is 11.3 Å². The second-order valence-corrected chi connectivity index (χ2v) is 5.58. The highest BCUT2D eigenvalue weighted by Gasteiger charge is 2.08. The molecule has 0 saturated carbocycles. The number of nitrogens with zero attached hydrogens (tertiary/aromatic N) is 1. The number of rotatable bonds is 8. The Hall–Kier alpha value is -1.92. The molecule has 22 heavy (non-hydrogen) atoms. The zero-order valence-electron chi connectivity index (χ0n) is 12.8. The molecule has 0 atom stereocenters. The van der Waals surface area contributed by atoms with Crippen LogP contribution in [0.4, 0.5) is 0 Å². The molecule has 0 bridgehead atoms. The van der Waals surface area contributed by atoms with Crippen LogP contribution < -0.4 is 10.1 Å². The first-order valence-corrected chi connectivity index (χ1v) is 7.95. The molecule has 1 heterocycles. The third-order valence-corrected chi connectivity index (χ3v) is 4.05. The fourth-order valence-electron chi connectivity index (χ4n) is 1.93. The van der Waals surface area contributed by atoms with E-state index in [2.05, 4.69) is 10.3 Å². The number of carbonyl (C=O) groups excluding carboxylic acids is 1. The van der Waals surface area contributed by atoms with Gasteiger partial charge in [0, 0.05) is 31.0 Å². The van der Waals surface area contributed by atoms with Crippen molar-refractivity contribution in [2.75, 3.05) is 27.4 Å². The van der Waals surface area contributed by atoms with E-state index in [4.69, 9.17) is 9.47 Å². The van der Waals surface area contributed by atoms with Gasteiger partial charge in [0.2, 0.25) is 5.91 Å². The first kappa shape index (κ1) is 16.5. The van der Waals surface area contributed by atoms with E-state index in [1.165, 1.54) is 0 Å². The van der Waals surface area contributed by atoms with Gasteiger partial charge in [-0.2, -0.15) is 0 Å². The summed E-state index contributed by atoms with van der Waals surface area (Å²) in [7, 11) is 3.26. The number of hydrogen-bond acceptors (Lipinski definition) is 5. The van der Waals surface area contributed by atoms with Crippen molar-refractivity contribution in [3.8, 4) is 16.3 Å². The smallest absolute Gasteiger partial charge is 0.220 e. The molecule has 2 rings (SSSR count). The lowest BCUT2D eigenvalue weighted by Gasteiger charge is -2.03. The quantitative estimate of drug-likeness (QED) is 0.759. The lowest BCUT2D eigenvalue weighted by molar-refractivity contribution is -0.121. The molecule has 0 spiro atoms. The third-order valence-electron chi connectivity index (χ3n) is 3.10. The number of amides is 1. The van der Waals surface area contributed by atoms with Gasteiger partial charge in [-0.25, -0.2) is 4.98 Å². The lowest BCUT2D eigenvalue weighted by atomic mass is 10.2. The van der Waals surface area contributed by atoms with Gasteiger partial charge in [0.05, 0.1) is 19.4 Å². The van der Waals surface area contributed by atoms with Crippen LogP contribution >= 0.6 is 11.3 Å². The zero-order chi connectivity index (χ0) is 15.8. The molecule has 118 valence electrons. The average molecular weight is 320 g/mol. The molecule has 0 radical (unpaired) electrons. The number of thiazole rings is 1. The topological polar surface area (TPSA) is 60.5 Å². The number of hydrogen-bond donors (Lipinski definition) is 1. The first-order chi connectivity index (χ1) is 10.7. The maximum Gasteiger partial charge on any atom is 0.220 e. The van der Waals surface area contributed by atoms with Gasteiger partial charge in [0.1, 0.15) is 10.8 Å². The van der Waals surface area contributed by atoms with Crippen LogP contribution in [0.25, 0.3) is 10.6 Å². The van der Waals surface area contributed by atoms with E-state index in [1.807, 2.05) is 29.6 Å². The Morgan fingerprint density at radius 1 is 1.36 bits per heavy atom. The van der Waals surface area contributed by atoms with E-state index < -0.39 is 0 Å². The maximum absolute atomic E-state index is 11.6. The van der Waals surface area contributed by atoms with Crippen LogP contribution in [0.3, 0.4) is 0 Å². The van der Waals surface area contributed by atoms with Crippen molar-refractivity contribution in [1.82, 2.24) is 10.3 Å². The largest absolute Gasteiger partial charge is 0.497 e. The minimum atomic E-state index is 0.0213. The van der Waals surface area contributed by atoms with E-state index >= 15 is 0 Å². The summed E-state index contributed by atoms with van der Waals surface area (Å²) in [5, 5.41) is 5.74. The van der Waals surface area contributed by atoms with Gasteiger partial charge >= 0.3 is 0 Å². The van der Waals surface area contributed by atoms with Crippen molar-refractivity contribution in [2.24, 2.45) is 0 Å². The van der Waals surface area contributed by atoms with Crippen LogP contribution in [0.5, 0.6) is 5.75 Å². The number of benzene rings is 1. The highest BCUT2D eigenvalue weighted by atomic mass is 32.1. The molecule has 0 aliphatic carbocycles. The molecule has 0 unspecified atom stereocenters. The molecule has 6 heteroatoms. The van der Waals surface area contributed by atoms with E-state index in [0.717, 1.165) is 22.0 Å². The second kappa shape index (κ2) is 8.51. The standard InChI is InChI=1S/C16H20N2O3S/c1-20-9-8-17-15(19)7-6-13-11-22-16(18-13)12-4-3-5-14(10-12)21-2/h3-5,10-11H,6-9H2,1-2H3,(H,17,19). The van der Waals surface area contributed by atoms with Gasteiger partial charge in [-0.3, -0.25) is 4.79 Å². The van der Waals surface area contributed by atoms with E-state index in [-0.39, 0.29) is 5.91 Å². The Morgan fingerprint density at radius 3 is 3.00 bits per heavy atom. The van der Waals surface area contributed by atoms with Crippen LogP contribution in [0.1, 0.15) is 12.1 Å². The van der Waals surface area contributed by atoms with Gasteiger partial charge in [-0.1, -0.05) is 12.1 Å².